The van der Waals surface area contributed by atoms with Crippen molar-refractivity contribution in [2.75, 3.05) is 18.8 Å². The lowest BCUT2D eigenvalue weighted by atomic mass is 10.0. The second kappa shape index (κ2) is 3.72. The van der Waals surface area contributed by atoms with Crippen LogP contribution in [0.1, 0.15) is 18.0 Å². The summed E-state index contributed by atoms with van der Waals surface area (Å²) in [5.74, 6) is 0.843. The van der Waals surface area contributed by atoms with Crippen LogP contribution in [0.2, 0.25) is 0 Å². The normalized spacial score (nSPS) is 20.4. The van der Waals surface area contributed by atoms with E-state index >= 15 is 0 Å². The number of nitrogens with zero attached hydrogens (tertiary/aromatic N) is 2. The summed E-state index contributed by atoms with van der Waals surface area (Å²) in [7, 11) is 0. The van der Waals surface area contributed by atoms with Crippen LogP contribution < -0.4 is 11.1 Å². The maximum Gasteiger partial charge on any atom is 0.220 e. The van der Waals surface area contributed by atoms with E-state index in [9.17, 15) is 0 Å². The highest BCUT2D eigenvalue weighted by Gasteiger charge is 2.20. The zero-order valence-corrected chi connectivity index (χ0v) is 8.98. The fourth-order valence-corrected chi connectivity index (χ4v) is 2.32. The van der Waals surface area contributed by atoms with Gasteiger partial charge in [-0.25, -0.2) is 9.97 Å². The first-order chi connectivity index (χ1) is 7.84. The Labute approximate surface area is 93.9 Å². The number of aromatic nitrogens is 2. The molecule has 1 saturated heterocycles. The molecule has 0 bridgehead atoms. The summed E-state index contributed by atoms with van der Waals surface area (Å²) in [4.78, 5) is 8.66. The lowest BCUT2D eigenvalue weighted by Gasteiger charge is -2.11. The van der Waals surface area contributed by atoms with Gasteiger partial charge in [-0.05, 0) is 19.0 Å². The van der Waals surface area contributed by atoms with Crippen molar-refractivity contribution in [2.45, 2.75) is 12.3 Å². The fraction of sp³-hybridized carbons (Fsp3) is 0.333. The topological polar surface area (TPSA) is 63.8 Å². The van der Waals surface area contributed by atoms with Crippen molar-refractivity contribution in [3.63, 3.8) is 0 Å². The molecule has 0 radical (unpaired) electrons. The highest BCUT2D eigenvalue weighted by atomic mass is 15.0. The van der Waals surface area contributed by atoms with E-state index < -0.39 is 0 Å². The summed E-state index contributed by atoms with van der Waals surface area (Å²) in [5, 5.41) is 4.48. The number of hydrogen-bond donors (Lipinski definition) is 2. The van der Waals surface area contributed by atoms with Gasteiger partial charge in [0.25, 0.3) is 0 Å². The second-order valence-electron chi connectivity index (χ2n) is 4.17. The monoisotopic (exact) mass is 214 g/mol. The van der Waals surface area contributed by atoms with E-state index in [-0.39, 0.29) is 0 Å². The van der Waals surface area contributed by atoms with Crippen LogP contribution in [0.25, 0.3) is 10.9 Å². The number of nitrogen functional groups attached to an aromatic ring is 1. The average Bonchev–Trinajstić information content (AvgIpc) is 2.81. The van der Waals surface area contributed by atoms with Crippen LogP contribution in [0.15, 0.2) is 24.3 Å². The van der Waals surface area contributed by atoms with Crippen LogP contribution in [0.5, 0.6) is 0 Å². The van der Waals surface area contributed by atoms with Crippen LogP contribution in [0.3, 0.4) is 0 Å². The van der Waals surface area contributed by atoms with Crippen molar-refractivity contribution < 1.29 is 0 Å². The van der Waals surface area contributed by atoms with Crippen LogP contribution in [0.4, 0.5) is 5.95 Å². The highest BCUT2D eigenvalue weighted by molar-refractivity contribution is 5.82. The third-order valence-corrected chi connectivity index (χ3v) is 3.10. The lowest BCUT2D eigenvalue weighted by molar-refractivity contribution is 0.742. The van der Waals surface area contributed by atoms with E-state index in [4.69, 9.17) is 5.73 Å². The molecule has 4 heteroatoms. The molecule has 1 atom stereocenters. The molecule has 2 heterocycles. The average molecular weight is 214 g/mol. The molecule has 3 N–H and O–H groups in total. The molecule has 1 unspecified atom stereocenters. The third-order valence-electron chi connectivity index (χ3n) is 3.10. The Kier molecular flexibility index (Phi) is 2.22. The summed E-state index contributed by atoms with van der Waals surface area (Å²) in [5.41, 5.74) is 7.78. The standard InChI is InChI=1S/C12H14N4/c13-12-15-10-4-2-1-3-9(10)11(16-12)8-5-6-14-7-8/h1-4,8,14H,5-7H2,(H2,13,15,16). The Bertz CT molecular complexity index is 517. The molecule has 16 heavy (non-hydrogen) atoms. The first-order valence-corrected chi connectivity index (χ1v) is 5.57. The predicted molar refractivity (Wildman–Crippen MR) is 64.2 cm³/mol. The van der Waals surface area contributed by atoms with E-state index in [0.29, 0.717) is 11.9 Å². The van der Waals surface area contributed by atoms with Gasteiger partial charge in [0.1, 0.15) is 0 Å². The minimum Gasteiger partial charge on any atom is -0.368 e. The van der Waals surface area contributed by atoms with Crippen LogP contribution in [-0.4, -0.2) is 23.1 Å². The Hall–Kier alpha value is -1.68. The van der Waals surface area contributed by atoms with Gasteiger partial charge < -0.3 is 11.1 Å². The molecular formula is C12H14N4. The van der Waals surface area contributed by atoms with Gasteiger partial charge in [0.05, 0.1) is 11.2 Å². The minimum atomic E-state index is 0.376. The number of para-hydroxylation sites is 1. The zero-order valence-electron chi connectivity index (χ0n) is 8.98. The van der Waals surface area contributed by atoms with Gasteiger partial charge in [0, 0.05) is 17.8 Å². The minimum absolute atomic E-state index is 0.376. The van der Waals surface area contributed by atoms with Gasteiger partial charge in [0.2, 0.25) is 5.95 Å². The number of fused-ring (bicyclic) bond motifs is 1. The van der Waals surface area contributed by atoms with Crippen molar-refractivity contribution in [1.82, 2.24) is 15.3 Å². The third kappa shape index (κ3) is 1.51. The Morgan fingerprint density at radius 3 is 2.94 bits per heavy atom. The summed E-state index contributed by atoms with van der Waals surface area (Å²) in [6, 6.07) is 8.06. The van der Waals surface area contributed by atoms with Crippen molar-refractivity contribution >= 4 is 16.9 Å². The van der Waals surface area contributed by atoms with E-state index in [1.807, 2.05) is 18.2 Å². The van der Waals surface area contributed by atoms with E-state index in [2.05, 4.69) is 21.4 Å². The highest BCUT2D eigenvalue weighted by Crippen LogP contribution is 2.27. The summed E-state index contributed by atoms with van der Waals surface area (Å²) in [6.07, 6.45) is 1.13. The van der Waals surface area contributed by atoms with Crippen molar-refractivity contribution in [3.8, 4) is 0 Å². The maximum atomic E-state index is 5.75. The largest absolute Gasteiger partial charge is 0.368 e. The number of nitrogens with two attached hydrogens (primary N) is 1. The molecule has 4 nitrogen and oxygen atoms in total. The molecule has 82 valence electrons. The molecule has 0 spiro atoms. The number of hydrogen-bond acceptors (Lipinski definition) is 4. The molecule has 0 amide bonds. The Balaban J connectivity index is 2.21. The molecule has 1 aliphatic heterocycles. The van der Waals surface area contributed by atoms with Crippen LogP contribution in [0, 0.1) is 0 Å². The molecule has 2 aromatic rings. The lowest BCUT2D eigenvalue weighted by Crippen LogP contribution is -2.10. The Morgan fingerprint density at radius 1 is 1.25 bits per heavy atom. The number of benzene rings is 1. The van der Waals surface area contributed by atoms with E-state index in [0.717, 1.165) is 36.1 Å². The quantitative estimate of drug-likeness (QED) is 0.750. The molecule has 1 aromatic heterocycles. The van der Waals surface area contributed by atoms with Gasteiger partial charge in [-0.15, -0.1) is 0 Å². The molecular weight excluding hydrogens is 200 g/mol. The van der Waals surface area contributed by atoms with Gasteiger partial charge in [-0.2, -0.15) is 0 Å². The van der Waals surface area contributed by atoms with Crippen molar-refractivity contribution in [3.05, 3.63) is 30.0 Å². The smallest absolute Gasteiger partial charge is 0.220 e. The molecule has 0 aliphatic carbocycles. The fourth-order valence-electron chi connectivity index (χ4n) is 2.32. The second-order valence-corrected chi connectivity index (χ2v) is 4.17. The first-order valence-electron chi connectivity index (χ1n) is 5.57. The molecule has 0 saturated carbocycles. The molecule has 1 aromatic carbocycles. The summed E-state index contributed by atoms with van der Waals surface area (Å²) in [6.45, 7) is 2.04. The van der Waals surface area contributed by atoms with Crippen LogP contribution in [-0.2, 0) is 0 Å². The van der Waals surface area contributed by atoms with E-state index in [1.54, 1.807) is 0 Å². The zero-order chi connectivity index (χ0) is 11.0. The molecule has 1 aliphatic rings. The Morgan fingerprint density at radius 2 is 2.12 bits per heavy atom. The van der Waals surface area contributed by atoms with E-state index in [1.165, 1.54) is 0 Å². The predicted octanol–water partition coefficient (Wildman–Crippen LogP) is 1.29. The number of rotatable bonds is 1. The van der Waals surface area contributed by atoms with Gasteiger partial charge in [-0.3, -0.25) is 0 Å². The van der Waals surface area contributed by atoms with Gasteiger partial charge >= 0.3 is 0 Å². The van der Waals surface area contributed by atoms with Crippen molar-refractivity contribution in [2.24, 2.45) is 0 Å². The SMILES string of the molecule is Nc1nc(C2CCNC2)c2ccccc2n1. The maximum absolute atomic E-state index is 5.75. The molecule has 3 rings (SSSR count). The number of nitrogens with one attached hydrogen (secondary N) is 1. The van der Waals surface area contributed by atoms with Crippen LogP contribution >= 0.6 is 0 Å². The summed E-state index contributed by atoms with van der Waals surface area (Å²) < 4.78 is 0. The first kappa shape index (κ1) is 9.54. The molecule has 1 fully saturated rings. The van der Waals surface area contributed by atoms with Crippen molar-refractivity contribution in [1.29, 1.82) is 0 Å². The number of anilines is 1. The summed E-state index contributed by atoms with van der Waals surface area (Å²) >= 11 is 0. The van der Waals surface area contributed by atoms with Gasteiger partial charge in [-0.1, -0.05) is 18.2 Å². The van der Waals surface area contributed by atoms with Gasteiger partial charge in [0.15, 0.2) is 0 Å².